The largest absolute Gasteiger partial charge is 0.492 e. The van der Waals surface area contributed by atoms with Gasteiger partial charge in [0.25, 0.3) is 0 Å². The molecule has 0 fully saturated rings. The number of thiophene rings is 1. The highest BCUT2D eigenvalue weighted by atomic mass is 32.1. The Labute approximate surface area is 175 Å². The van der Waals surface area contributed by atoms with Gasteiger partial charge in [0.2, 0.25) is 11.8 Å². The highest BCUT2D eigenvalue weighted by Crippen LogP contribution is 2.34. The molecule has 152 valence electrons. The predicted molar refractivity (Wildman–Crippen MR) is 115 cm³/mol. The first kappa shape index (κ1) is 19.5. The van der Waals surface area contributed by atoms with Gasteiger partial charge in [-0.1, -0.05) is 0 Å². The van der Waals surface area contributed by atoms with Crippen molar-refractivity contribution < 1.29 is 19.8 Å². The van der Waals surface area contributed by atoms with Crippen LogP contribution in [-0.2, 0) is 0 Å². The third-order valence-corrected chi connectivity index (χ3v) is 5.34. The van der Waals surface area contributed by atoms with Crippen molar-refractivity contribution in [3.05, 3.63) is 66.2 Å². The van der Waals surface area contributed by atoms with E-state index < -0.39 is 5.97 Å². The second-order valence-corrected chi connectivity index (χ2v) is 7.73. The number of rotatable bonds is 5. The molecule has 0 aliphatic carbocycles. The van der Waals surface area contributed by atoms with Crippen molar-refractivity contribution in [1.82, 2.24) is 4.73 Å². The zero-order chi connectivity index (χ0) is 21.3. The number of nitrogens with zero attached hydrogens (tertiary/aromatic N) is 4. The van der Waals surface area contributed by atoms with Crippen LogP contribution < -0.4 is 9.74 Å². The first-order chi connectivity index (χ1) is 14.4. The van der Waals surface area contributed by atoms with Gasteiger partial charge in [-0.3, -0.25) is 0 Å². The maximum Gasteiger partial charge on any atom is 0.363 e. The van der Waals surface area contributed by atoms with E-state index in [9.17, 15) is 15.0 Å². The summed E-state index contributed by atoms with van der Waals surface area (Å²) < 4.78 is 1.59. The Balaban J connectivity index is 1.52. The van der Waals surface area contributed by atoms with Gasteiger partial charge in [-0.05, 0) is 53.9 Å². The zero-order valence-electron chi connectivity index (χ0n) is 16.2. The fourth-order valence-corrected chi connectivity index (χ4v) is 3.63. The van der Waals surface area contributed by atoms with Crippen LogP contribution >= 0.6 is 11.3 Å². The lowest BCUT2D eigenvalue weighted by Crippen LogP contribution is -2.18. The summed E-state index contributed by atoms with van der Waals surface area (Å²) in [6, 6.07) is 17.1. The second-order valence-electron chi connectivity index (χ2n) is 6.67. The smallest absolute Gasteiger partial charge is 0.363 e. The predicted octanol–water partition coefficient (Wildman–Crippen LogP) is 4.86. The molecular formula is C21H18N4O4S. The lowest BCUT2D eigenvalue weighted by atomic mass is 10.2. The van der Waals surface area contributed by atoms with Crippen LogP contribution in [0.3, 0.4) is 0 Å². The summed E-state index contributed by atoms with van der Waals surface area (Å²) in [5, 5.41) is 29.3. The number of hydrogen-bond donors (Lipinski definition) is 2. The zero-order valence-corrected chi connectivity index (χ0v) is 17.0. The minimum atomic E-state index is -0.714. The standard InChI is InChI=1S/C21H18N4O4S/c1-24(2)16-6-4-15(5-7-16)22-23-18-12-14-11-13(3-8-17(14)30-18)21(28)29-25-19(26)9-10-20(25)27/h3-12,26-27H,1-2H3. The van der Waals surface area contributed by atoms with Gasteiger partial charge in [-0.25, -0.2) is 4.79 Å². The van der Waals surface area contributed by atoms with Crippen LogP contribution in [0.15, 0.2) is 70.9 Å². The van der Waals surface area contributed by atoms with E-state index in [0.717, 1.165) is 21.5 Å². The monoisotopic (exact) mass is 422 g/mol. The molecule has 0 atom stereocenters. The van der Waals surface area contributed by atoms with Crippen molar-refractivity contribution in [2.24, 2.45) is 10.2 Å². The molecule has 0 amide bonds. The van der Waals surface area contributed by atoms with E-state index in [-0.39, 0.29) is 17.3 Å². The first-order valence-electron chi connectivity index (χ1n) is 8.96. The molecule has 0 saturated heterocycles. The Hall–Kier alpha value is -3.85. The van der Waals surface area contributed by atoms with Gasteiger partial charge >= 0.3 is 5.97 Å². The minimum absolute atomic E-state index is 0.274. The van der Waals surface area contributed by atoms with Gasteiger partial charge in [0.1, 0.15) is 5.00 Å². The molecule has 8 nitrogen and oxygen atoms in total. The van der Waals surface area contributed by atoms with Gasteiger partial charge < -0.3 is 20.0 Å². The number of fused-ring (bicyclic) bond motifs is 1. The summed E-state index contributed by atoms with van der Waals surface area (Å²) in [4.78, 5) is 19.4. The van der Waals surface area contributed by atoms with E-state index >= 15 is 0 Å². The quantitative estimate of drug-likeness (QED) is 0.447. The molecule has 2 aromatic heterocycles. The summed E-state index contributed by atoms with van der Waals surface area (Å²) in [6.07, 6.45) is 0. The van der Waals surface area contributed by atoms with Crippen LogP contribution in [0.5, 0.6) is 11.8 Å². The molecule has 0 radical (unpaired) electrons. The molecule has 9 heteroatoms. The lowest BCUT2D eigenvalue weighted by Gasteiger charge is -2.11. The molecule has 2 N–H and O–H groups in total. The maximum absolute atomic E-state index is 12.3. The third-order valence-electron chi connectivity index (χ3n) is 4.34. The number of hydrogen-bond acceptors (Lipinski definition) is 8. The van der Waals surface area contributed by atoms with Crippen molar-refractivity contribution in [2.75, 3.05) is 19.0 Å². The van der Waals surface area contributed by atoms with Gasteiger partial charge in [0, 0.05) is 36.6 Å². The van der Waals surface area contributed by atoms with Crippen LogP contribution in [0, 0.1) is 0 Å². The number of carbonyl (C=O) groups is 1. The fourth-order valence-electron chi connectivity index (χ4n) is 2.76. The van der Waals surface area contributed by atoms with Crippen LogP contribution in [0.25, 0.3) is 10.1 Å². The Morgan fingerprint density at radius 3 is 2.33 bits per heavy atom. The summed E-state index contributed by atoms with van der Waals surface area (Å²) in [5.74, 6) is -1.47. The van der Waals surface area contributed by atoms with Crippen LogP contribution in [-0.4, -0.2) is 35.0 Å². The van der Waals surface area contributed by atoms with E-state index in [1.807, 2.05) is 49.3 Å². The third kappa shape index (κ3) is 3.96. The molecule has 0 saturated carbocycles. The van der Waals surface area contributed by atoms with E-state index in [4.69, 9.17) is 4.84 Å². The number of carbonyl (C=O) groups excluding carboxylic acids is 1. The SMILES string of the molecule is CN(C)c1ccc(N=Nc2cc3cc(C(=O)On4c(O)ccc4O)ccc3s2)cc1. The topological polar surface area (TPSA) is 99.7 Å². The normalized spacial score (nSPS) is 11.3. The van der Waals surface area contributed by atoms with Gasteiger partial charge in [0.15, 0.2) is 0 Å². The van der Waals surface area contributed by atoms with Crippen LogP contribution in [0.2, 0.25) is 0 Å². The molecule has 30 heavy (non-hydrogen) atoms. The van der Waals surface area contributed by atoms with Crippen molar-refractivity contribution in [3.63, 3.8) is 0 Å². The first-order valence-corrected chi connectivity index (χ1v) is 9.77. The van der Waals surface area contributed by atoms with Crippen molar-refractivity contribution >= 4 is 43.8 Å². The molecule has 4 rings (SSSR count). The Kier molecular flexibility index (Phi) is 5.11. The van der Waals surface area contributed by atoms with E-state index in [1.54, 1.807) is 18.2 Å². The molecule has 0 spiro atoms. The molecule has 0 aliphatic rings. The number of aromatic nitrogens is 1. The molecule has 2 heterocycles. The lowest BCUT2D eigenvalue weighted by molar-refractivity contribution is 0.0382. The molecule has 0 aliphatic heterocycles. The van der Waals surface area contributed by atoms with E-state index in [0.29, 0.717) is 9.73 Å². The average Bonchev–Trinajstić information content (AvgIpc) is 3.29. The second kappa shape index (κ2) is 7.88. The summed E-state index contributed by atoms with van der Waals surface area (Å²) in [7, 11) is 3.95. The number of aromatic hydroxyl groups is 2. The summed E-state index contributed by atoms with van der Waals surface area (Å²) in [6.45, 7) is 0. The highest BCUT2D eigenvalue weighted by molar-refractivity contribution is 7.22. The molecule has 0 unspecified atom stereocenters. The van der Waals surface area contributed by atoms with Crippen LogP contribution in [0.4, 0.5) is 16.4 Å². The average molecular weight is 422 g/mol. The van der Waals surface area contributed by atoms with Gasteiger partial charge in [0.05, 0.1) is 11.3 Å². The van der Waals surface area contributed by atoms with E-state index in [1.165, 1.54) is 23.5 Å². The molecular weight excluding hydrogens is 404 g/mol. The number of benzene rings is 2. The summed E-state index contributed by atoms with van der Waals surface area (Å²) in [5.41, 5.74) is 2.10. The maximum atomic E-state index is 12.3. The number of anilines is 1. The molecule has 0 bridgehead atoms. The fraction of sp³-hybridized carbons (Fsp3) is 0.0952. The van der Waals surface area contributed by atoms with Gasteiger partial charge in [-0.15, -0.1) is 26.3 Å². The summed E-state index contributed by atoms with van der Waals surface area (Å²) >= 11 is 1.45. The van der Waals surface area contributed by atoms with Crippen molar-refractivity contribution in [2.45, 2.75) is 0 Å². The van der Waals surface area contributed by atoms with Gasteiger partial charge in [-0.2, -0.15) is 0 Å². The Morgan fingerprint density at radius 1 is 0.967 bits per heavy atom. The number of azo groups is 1. The molecule has 2 aromatic carbocycles. The molecule has 4 aromatic rings. The van der Waals surface area contributed by atoms with Crippen molar-refractivity contribution in [1.29, 1.82) is 0 Å². The van der Waals surface area contributed by atoms with E-state index in [2.05, 4.69) is 10.2 Å². The minimum Gasteiger partial charge on any atom is -0.492 e. The highest BCUT2D eigenvalue weighted by Gasteiger charge is 2.15. The Bertz CT molecular complexity index is 1220. The van der Waals surface area contributed by atoms with Crippen molar-refractivity contribution in [3.8, 4) is 11.8 Å². The van der Waals surface area contributed by atoms with Crippen LogP contribution in [0.1, 0.15) is 10.4 Å². The Morgan fingerprint density at radius 2 is 1.67 bits per heavy atom.